The molecule has 60 valence electrons. The average molecular weight is 155 g/mol. The number of terminal acetylenes is 1. The number of nitrogens with one attached hydrogen (secondary N) is 1. The minimum atomic E-state index is -1.16. The highest BCUT2D eigenvalue weighted by Gasteiger charge is 2.08. The molecule has 0 aromatic carbocycles. The summed E-state index contributed by atoms with van der Waals surface area (Å²) in [6.45, 7) is 1.60. The van der Waals surface area contributed by atoms with E-state index < -0.39 is 24.3 Å². The first-order chi connectivity index (χ1) is 5.06. The second-order valence-electron chi connectivity index (χ2n) is 2.03. The van der Waals surface area contributed by atoms with Crippen LogP contribution >= 0.6 is 0 Å². The summed E-state index contributed by atoms with van der Waals surface area (Å²) < 4.78 is 0. The van der Waals surface area contributed by atoms with Gasteiger partial charge in [0.15, 0.2) is 0 Å². The van der Waals surface area contributed by atoms with Crippen molar-refractivity contribution in [2.45, 2.75) is 19.4 Å². The van der Waals surface area contributed by atoms with Gasteiger partial charge in [-0.05, 0) is 6.92 Å². The molecule has 4 heteroatoms. The molecule has 0 heterocycles. The molecular weight excluding hydrogens is 146 g/mol. The maximum atomic E-state index is 10.6. The Labute approximate surface area is 64.6 Å². The predicted molar refractivity (Wildman–Crippen MR) is 38.7 cm³/mol. The lowest BCUT2D eigenvalue weighted by atomic mass is 10.3. The fourth-order valence-corrected chi connectivity index (χ4v) is 0.472. The molecule has 0 aliphatic heterocycles. The minimum absolute atomic E-state index is 0.415. The lowest BCUT2D eigenvalue weighted by Gasteiger charge is -2.04. The highest BCUT2D eigenvalue weighted by molar-refractivity contribution is 5.93. The monoisotopic (exact) mass is 155 g/mol. The first kappa shape index (κ1) is 9.50. The second-order valence-corrected chi connectivity index (χ2v) is 2.03. The number of carboxylic acid groups (broad SMARTS) is 1. The van der Waals surface area contributed by atoms with E-state index in [4.69, 9.17) is 11.5 Å². The van der Waals surface area contributed by atoms with Crippen LogP contribution < -0.4 is 5.32 Å². The van der Waals surface area contributed by atoms with Gasteiger partial charge in [-0.25, -0.2) is 0 Å². The number of carbonyl (C=O) groups is 2. The molecule has 4 nitrogen and oxygen atoms in total. The second kappa shape index (κ2) is 4.34. The topological polar surface area (TPSA) is 66.4 Å². The van der Waals surface area contributed by atoms with Gasteiger partial charge in [-0.3, -0.25) is 9.59 Å². The van der Waals surface area contributed by atoms with Gasteiger partial charge in [0.25, 0.3) is 0 Å². The van der Waals surface area contributed by atoms with Crippen LogP contribution in [0.5, 0.6) is 0 Å². The zero-order valence-electron chi connectivity index (χ0n) is 6.13. The van der Waals surface area contributed by atoms with Crippen molar-refractivity contribution >= 4 is 11.9 Å². The molecule has 0 saturated carbocycles. The first-order valence-electron chi connectivity index (χ1n) is 3.03. The Bertz CT molecular complexity index is 204. The van der Waals surface area contributed by atoms with Gasteiger partial charge in [0.05, 0.1) is 6.04 Å². The molecule has 1 unspecified atom stereocenters. The summed E-state index contributed by atoms with van der Waals surface area (Å²) >= 11 is 0. The van der Waals surface area contributed by atoms with E-state index in [0.717, 1.165) is 0 Å². The van der Waals surface area contributed by atoms with Crippen LogP contribution in [0.4, 0.5) is 0 Å². The number of aliphatic carboxylic acids is 1. The normalized spacial score (nSPS) is 11.3. The van der Waals surface area contributed by atoms with Gasteiger partial charge < -0.3 is 10.4 Å². The Morgan fingerprint density at radius 3 is 2.64 bits per heavy atom. The van der Waals surface area contributed by atoms with Gasteiger partial charge in [0.2, 0.25) is 5.91 Å². The van der Waals surface area contributed by atoms with E-state index in [-0.39, 0.29) is 0 Å². The lowest BCUT2D eigenvalue weighted by molar-refractivity contribution is -0.140. The van der Waals surface area contributed by atoms with Gasteiger partial charge in [0, 0.05) is 0 Å². The maximum Gasteiger partial charge on any atom is 0.312 e. The third-order valence-corrected chi connectivity index (χ3v) is 0.939. The van der Waals surface area contributed by atoms with Crippen LogP contribution in [0.1, 0.15) is 13.3 Å². The number of carboxylic acids is 1. The van der Waals surface area contributed by atoms with E-state index in [1.54, 1.807) is 6.92 Å². The molecular formula is C7H9NO3. The van der Waals surface area contributed by atoms with Crippen LogP contribution in [0.25, 0.3) is 0 Å². The predicted octanol–water partition coefficient (Wildman–Crippen LogP) is -0.401. The Balaban J connectivity index is 3.72. The average Bonchev–Trinajstić information content (AvgIpc) is 1.85. The smallest absolute Gasteiger partial charge is 0.312 e. The molecule has 0 aliphatic carbocycles. The van der Waals surface area contributed by atoms with Crippen LogP contribution in [0.3, 0.4) is 0 Å². The zero-order chi connectivity index (χ0) is 8.85. The minimum Gasteiger partial charge on any atom is -0.481 e. The molecule has 0 fully saturated rings. The summed E-state index contributed by atoms with van der Waals surface area (Å²) in [5.41, 5.74) is 0. The van der Waals surface area contributed by atoms with E-state index in [1.807, 2.05) is 0 Å². The van der Waals surface area contributed by atoms with Crippen LogP contribution in [-0.2, 0) is 9.59 Å². The van der Waals surface area contributed by atoms with Crippen LogP contribution in [0.15, 0.2) is 0 Å². The first-order valence-corrected chi connectivity index (χ1v) is 3.03. The summed E-state index contributed by atoms with van der Waals surface area (Å²) in [5, 5.41) is 10.5. The number of rotatable bonds is 3. The Hall–Kier alpha value is -1.50. The Kier molecular flexibility index (Phi) is 3.75. The highest BCUT2D eigenvalue weighted by Crippen LogP contribution is 1.82. The third kappa shape index (κ3) is 4.97. The van der Waals surface area contributed by atoms with Crippen molar-refractivity contribution in [1.29, 1.82) is 0 Å². The lowest BCUT2D eigenvalue weighted by Crippen LogP contribution is -2.32. The molecule has 0 spiro atoms. The van der Waals surface area contributed by atoms with E-state index in [0.29, 0.717) is 0 Å². The molecule has 0 bridgehead atoms. The van der Waals surface area contributed by atoms with E-state index in [2.05, 4.69) is 11.2 Å². The summed E-state index contributed by atoms with van der Waals surface area (Å²) in [4.78, 5) is 20.6. The van der Waals surface area contributed by atoms with Crippen LogP contribution in [0.2, 0.25) is 0 Å². The number of amides is 1. The van der Waals surface area contributed by atoms with Crippen molar-refractivity contribution in [3.05, 3.63) is 0 Å². The molecule has 0 aromatic rings. The van der Waals surface area contributed by atoms with E-state index in [1.165, 1.54) is 0 Å². The summed E-state index contributed by atoms with van der Waals surface area (Å²) in [6, 6.07) is -0.415. The quantitative estimate of drug-likeness (QED) is 0.430. The molecule has 0 rings (SSSR count). The maximum absolute atomic E-state index is 10.6. The standard InChI is InChI=1S/C7H9NO3/c1-3-5(2)8-6(9)4-7(10)11/h1,5H,4H2,2H3,(H,8,9)(H,10,11). The molecule has 1 amide bonds. The number of carbonyl (C=O) groups excluding carboxylic acids is 1. The summed E-state index contributed by atoms with van der Waals surface area (Å²) in [7, 11) is 0. The van der Waals surface area contributed by atoms with Crippen molar-refractivity contribution in [2.75, 3.05) is 0 Å². The van der Waals surface area contributed by atoms with Gasteiger partial charge in [-0.2, -0.15) is 0 Å². The van der Waals surface area contributed by atoms with Crippen molar-refractivity contribution in [3.63, 3.8) is 0 Å². The van der Waals surface area contributed by atoms with Crippen LogP contribution in [-0.4, -0.2) is 23.0 Å². The van der Waals surface area contributed by atoms with E-state index >= 15 is 0 Å². The largest absolute Gasteiger partial charge is 0.481 e. The molecule has 0 aromatic heterocycles. The fourth-order valence-electron chi connectivity index (χ4n) is 0.472. The number of hydrogen-bond donors (Lipinski definition) is 2. The molecule has 1 atom stereocenters. The number of hydrogen-bond acceptors (Lipinski definition) is 2. The van der Waals surface area contributed by atoms with Crippen molar-refractivity contribution in [2.24, 2.45) is 0 Å². The molecule has 11 heavy (non-hydrogen) atoms. The third-order valence-electron chi connectivity index (χ3n) is 0.939. The van der Waals surface area contributed by atoms with Gasteiger partial charge in [-0.15, -0.1) is 6.42 Å². The molecule has 0 radical (unpaired) electrons. The summed E-state index contributed by atoms with van der Waals surface area (Å²) in [6.07, 6.45) is 4.40. The summed E-state index contributed by atoms with van der Waals surface area (Å²) in [5.74, 6) is 0.517. The van der Waals surface area contributed by atoms with E-state index in [9.17, 15) is 9.59 Å². The van der Waals surface area contributed by atoms with Crippen molar-refractivity contribution in [3.8, 4) is 12.3 Å². The molecule has 0 saturated heterocycles. The zero-order valence-corrected chi connectivity index (χ0v) is 6.13. The van der Waals surface area contributed by atoms with Crippen molar-refractivity contribution < 1.29 is 14.7 Å². The van der Waals surface area contributed by atoms with Gasteiger partial charge >= 0.3 is 5.97 Å². The van der Waals surface area contributed by atoms with Gasteiger partial charge in [-0.1, -0.05) is 5.92 Å². The van der Waals surface area contributed by atoms with Crippen LogP contribution in [0, 0.1) is 12.3 Å². The fraction of sp³-hybridized carbons (Fsp3) is 0.429. The SMILES string of the molecule is C#CC(C)NC(=O)CC(=O)O. The highest BCUT2D eigenvalue weighted by atomic mass is 16.4. The molecule has 2 N–H and O–H groups in total. The Morgan fingerprint density at radius 1 is 1.73 bits per heavy atom. The van der Waals surface area contributed by atoms with Crippen molar-refractivity contribution in [1.82, 2.24) is 5.32 Å². The molecule has 0 aliphatic rings. The Morgan fingerprint density at radius 2 is 2.27 bits per heavy atom. The van der Waals surface area contributed by atoms with Gasteiger partial charge in [0.1, 0.15) is 6.42 Å².